The maximum Gasteiger partial charge on any atom is 0.129 e. The fourth-order valence-electron chi connectivity index (χ4n) is 2.18. The van der Waals surface area contributed by atoms with Crippen LogP contribution in [-0.4, -0.2) is 29.8 Å². The zero-order valence-electron chi connectivity index (χ0n) is 8.54. The topological polar surface area (TPSA) is 45.2 Å². The molecule has 1 aromatic heterocycles. The number of aliphatic hydroxyl groups excluding tert-OH is 1. The molecule has 0 aromatic carbocycles. The van der Waals surface area contributed by atoms with Crippen LogP contribution < -0.4 is 5.32 Å². The van der Waals surface area contributed by atoms with Gasteiger partial charge in [-0.1, -0.05) is 11.6 Å². The van der Waals surface area contributed by atoms with Crippen LogP contribution in [0.25, 0.3) is 0 Å². The molecule has 2 rings (SSSR count). The van der Waals surface area contributed by atoms with Crippen molar-refractivity contribution < 1.29 is 5.11 Å². The highest BCUT2D eigenvalue weighted by Crippen LogP contribution is 2.33. The predicted molar refractivity (Wildman–Crippen MR) is 60.1 cm³/mol. The van der Waals surface area contributed by atoms with Crippen molar-refractivity contribution in [2.75, 3.05) is 19.7 Å². The molecule has 0 atom stereocenters. The van der Waals surface area contributed by atoms with Gasteiger partial charge in [-0.15, -0.1) is 0 Å². The van der Waals surface area contributed by atoms with Crippen LogP contribution in [0.15, 0.2) is 18.3 Å². The first-order valence-corrected chi connectivity index (χ1v) is 5.58. The summed E-state index contributed by atoms with van der Waals surface area (Å²) < 4.78 is 0. The summed E-state index contributed by atoms with van der Waals surface area (Å²) in [6.07, 6.45) is 3.60. The molecule has 1 saturated heterocycles. The molecule has 0 unspecified atom stereocenters. The third-order valence-corrected chi connectivity index (χ3v) is 3.41. The van der Waals surface area contributed by atoms with E-state index in [1.165, 1.54) is 0 Å². The summed E-state index contributed by atoms with van der Waals surface area (Å²) in [5.41, 5.74) is 0.976. The largest absolute Gasteiger partial charge is 0.395 e. The minimum absolute atomic E-state index is 0.127. The van der Waals surface area contributed by atoms with Crippen LogP contribution in [0.3, 0.4) is 0 Å². The van der Waals surface area contributed by atoms with E-state index >= 15 is 0 Å². The molecule has 1 aliphatic rings. The highest BCUT2D eigenvalue weighted by molar-refractivity contribution is 6.29. The Morgan fingerprint density at radius 1 is 1.47 bits per heavy atom. The normalized spacial score (nSPS) is 20.1. The number of hydrogen-bond acceptors (Lipinski definition) is 3. The van der Waals surface area contributed by atoms with Gasteiger partial charge in [-0.3, -0.25) is 0 Å². The average molecular weight is 227 g/mol. The van der Waals surface area contributed by atoms with Gasteiger partial charge in [0.2, 0.25) is 0 Å². The van der Waals surface area contributed by atoms with Crippen molar-refractivity contribution in [2.24, 2.45) is 0 Å². The average Bonchev–Trinajstić information content (AvgIpc) is 2.30. The van der Waals surface area contributed by atoms with E-state index in [1.54, 1.807) is 6.20 Å². The first-order valence-electron chi connectivity index (χ1n) is 5.20. The molecule has 0 radical (unpaired) electrons. The number of hydrogen-bond donors (Lipinski definition) is 2. The molecule has 2 N–H and O–H groups in total. The lowest BCUT2D eigenvalue weighted by Gasteiger charge is -2.36. The van der Waals surface area contributed by atoms with E-state index in [0.29, 0.717) is 5.15 Å². The Morgan fingerprint density at radius 2 is 2.20 bits per heavy atom. The van der Waals surface area contributed by atoms with Crippen molar-refractivity contribution in [1.29, 1.82) is 0 Å². The lowest BCUT2D eigenvalue weighted by atomic mass is 9.74. The van der Waals surface area contributed by atoms with Crippen molar-refractivity contribution in [3.63, 3.8) is 0 Å². The number of nitrogens with zero attached hydrogens (tertiary/aromatic N) is 1. The number of rotatable bonds is 2. The van der Waals surface area contributed by atoms with E-state index in [1.807, 2.05) is 12.1 Å². The van der Waals surface area contributed by atoms with Gasteiger partial charge in [0.25, 0.3) is 0 Å². The Kier molecular flexibility index (Phi) is 3.24. The molecule has 0 aliphatic carbocycles. The van der Waals surface area contributed by atoms with Crippen molar-refractivity contribution in [1.82, 2.24) is 10.3 Å². The Labute approximate surface area is 94.5 Å². The van der Waals surface area contributed by atoms with Crippen LogP contribution in [0.1, 0.15) is 18.4 Å². The standard InChI is InChI=1S/C11H15ClN2O/c12-10-7-9(1-4-14-10)11(8-15)2-5-13-6-3-11/h1,4,7,13,15H,2-3,5-6,8H2. The third kappa shape index (κ3) is 2.14. The summed E-state index contributed by atoms with van der Waals surface area (Å²) in [6.45, 7) is 2.07. The van der Waals surface area contributed by atoms with Crippen molar-refractivity contribution >= 4 is 11.6 Å². The molecular formula is C11H15ClN2O. The summed E-state index contributed by atoms with van der Waals surface area (Å²) in [4.78, 5) is 3.97. The first kappa shape index (κ1) is 10.9. The summed E-state index contributed by atoms with van der Waals surface area (Å²) in [5, 5.41) is 13.4. The number of halogens is 1. The second-order valence-corrected chi connectivity index (χ2v) is 4.44. The van der Waals surface area contributed by atoms with Gasteiger partial charge in [0, 0.05) is 11.6 Å². The molecule has 2 heterocycles. The molecule has 0 saturated carbocycles. The van der Waals surface area contributed by atoms with Gasteiger partial charge >= 0.3 is 0 Å². The summed E-state index contributed by atoms with van der Waals surface area (Å²) in [6, 6.07) is 3.82. The molecule has 82 valence electrons. The molecule has 4 heteroatoms. The number of nitrogens with one attached hydrogen (secondary N) is 1. The zero-order chi connectivity index (χ0) is 10.7. The van der Waals surface area contributed by atoms with Crippen LogP contribution in [0, 0.1) is 0 Å². The molecule has 1 aliphatic heterocycles. The van der Waals surface area contributed by atoms with E-state index in [-0.39, 0.29) is 12.0 Å². The molecule has 15 heavy (non-hydrogen) atoms. The van der Waals surface area contributed by atoms with Crippen molar-refractivity contribution in [3.8, 4) is 0 Å². The first-order chi connectivity index (χ1) is 7.27. The van der Waals surface area contributed by atoms with Gasteiger partial charge in [0.05, 0.1) is 6.61 Å². The maximum atomic E-state index is 9.59. The second kappa shape index (κ2) is 4.47. The number of aliphatic hydroxyl groups is 1. The molecular weight excluding hydrogens is 212 g/mol. The number of piperidine rings is 1. The van der Waals surface area contributed by atoms with E-state index in [4.69, 9.17) is 11.6 Å². The smallest absolute Gasteiger partial charge is 0.129 e. The highest BCUT2D eigenvalue weighted by atomic mass is 35.5. The summed E-state index contributed by atoms with van der Waals surface area (Å²) >= 11 is 5.87. The van der Waals surface area contributed by atoms with Gasteiger partial charge in [-0.25, -0.2) is 4.98 Å². The van der Waals surface area contributed by atoms with Gasteiger partial charge in [-0.2, -0.15) is 0 Å². The van der Waals surface area contributed by atoms with Gasteiger partial charge in [0.1, 0.15) is 5.15 Å². The van der Waals surface area contributed by atoms with Crippen LogP contribution >= 0.6 is 11.6 Å². The summed E-state index contributed by atoms with van der Waals surface area (Å²) in [7, 11) is 0. The van der Waals surface area contributed by atoms with Crippen LogP contribution in [-0.2, 0) is 5.41 Å². The van der Waals surface area contributed by atoms with Gasteiger partial charge in [0.15, 0.2) is 0 Å². The van der Waals surface area contributed by atoms with E-state index in [0.717, 1.165) is 31.5 Å². The molecule has 3 nitrogen and oxygen atoms in total. The monoisotopic (exact) mass is 226 g/mol. The fraction of sp³-hybridized carbons (Fsp3) is 0.545. The summed E-state index contributed by atoms with van der Waals surface area (Å²) in [5.74, 6) is 0. The quantitative estimate of drug-likeness (QED) is 0.749. The minimum Gasteiger partial charge on any atom is -0.395 e. The van der Waals surface area contributed by atoms with Crippen LogP contribution in [0.2, 0.25) is 5.15 Å². The highest BCUT2D eigenvalue weighted by Gasteiger charge is 2.33. The van der Waals surface area contributed by atoms with Crippen LogP contribution in [0.4, 0.5) is 0 Å². The van der Waals surface area contributed by atoms with Gasteiger partial charge < -0.3 is 10.4 Å². The number of aromatic nitrogens is 1. The Morgan fingerprint density at radius 3 is 2.80 bits per heavy atom. The van der Waals surface area contributed by atoms with Crippen LogP contribution in [0.5, 0.6) is 0 Å². The number of pyridine rings is 1. The van der Waals surface area contributed by atoms with Crippen molar-refractivity contribution in [2.45, 2.75) is 18.3 Å². The van der Waals surface area contributed by atoms with Gasteiger partial charge in [-0.05, 0) is 43.6 Å². The fourth-order valence-corrected chi connectivity index (χ4v) is 2.35. The Balaban J connectivity index is 2.32. The van der Waals surface area contributed by atoms with E-state index < -0.39 is 0 Å². The Bertz CT molecular complexity index is 337. The third-order valence-electron chi connectivity index (χ3n) is 3.20. The predicted octanol–water partition coefficient (Wildman–Crippen LogP) is 1.35. The molecule has 1 aromatic rings. The SMILES string of the molecule is OCC1(c2ccnc(Cl)c2)CCNCC1. The minimum atomic E-state index is -0.127. The molecule has 1 fully saturated rings. The molecule has 0 amide bonds. The van der Waals surface area contributed by atoms with E-state index in [9.17, 15) is 5.11 Å². The van der Waals surface area contributed by atoms with Crippen molar-refractivity contribution in [3.05, 3.63) is 29.0 Å². The lowest BCUT2D eigenvalue weighted by molar-refractivity contribution is 0.158. The second-order valence-electron chi connectivity index (χ2n) is 4.06. The zero-order valence-corrected chi connectivity index (χ0v) is 9.30. The Hall–Kier alpha value is -0.640. The molecule has 0 spiro atoms. The molecule has 0 bridgehead atoms. The lowest BCUT2D eigenvalue weighted by Crippen LogP contribution is -2.42. The maximum absolute atomic E-state index is 9.59. The van der Waals surface area contributed by atoms with E-state index in [2.05, 4.69) is 10.3 Å².